The van der Waals surface area contributed by atoms with E-state index < -0.39 is 16.0 Å². The van der Waals surface area contributed by atoms with Crippen LogP contribution in [0.15, 0.2) is 38.2 Å². The molecule has 1 heterocycles. The summed E-state index contributed by atoms with van der Waals surface area (Å²) >= 11 is 3.16. The van der Waals surface area contributed by atoms with E-state index in [4.69, 9.17) is 4.42 Å². The molecule has 0 aliphatic carbocycles. The van der Waals surface area contributed by atoms with Gasteiger partial charge in [0.25, 0.3) is 10.0 Å². The second-order valence-corrected chi connectivity index (χ2v) is 6.55. The second-order valence-electron chi connectivity index (χ2n) is 4.01. The van der Waals surface area contributed by atoms with Gasteiger partial charge in [-0.2, -0.15) is 0 Å². The van der Waals surface area contributed by atoms with E-state index in [1.54, 1.807) is 6.92 Å². The van der Waals surface area contributed by atoms with Gasteiger partial charge in [-0.15, -0.1) is 0 Å². The van der Waals surface area contributed by atoms with Gasteiger partial charge in [-0.05, 0) is 41.1 Å². The summed E-state index contributed by atoms with van der Waals surface area (Å²) in [5, 5.41) is 0. The molecule has 0 amide bonds. The smallest absolute Gasteiger partial charge is 0.339 e. The lowest BCUT2D eigenvalue weighted by Crippen LogP contribution is -2.14. The van der Waals surface area contributed by atoms with E-state index in [9.17, 15) is 13.2 Å². The first kappa shape index (κ1) is 15.5. The maximum Gasteiger partial charge on any atom is 0.339 e. The third-order valence-corrected chi connectivity index (χ3v) is 4.51. The molecule has 0 saturated carbocycles. The number of carbonyl (C=O) groups is 1. The van der Waals surface area contributed by atoms with Gasteiger partial charge in [0.05, 0.1) is 23.8 Å². The summed E-state index contributed by atoms with van der Waals surface area (Å²) in [4.78, 5) is 15.2. The fraction of sp³-hybridized carbons (Fsp3) is 0.167. The van der Waals surface area contributed by atoms with Crippen LogP contribution in [0.1, 0.15) is 16.1 Å². The van der Waals surface area contributed by atoms with Crippen LogP contribution >= 0.6 is 15.9 Å². The van der Waals surface area contributed by atoms with Crippen molar-refractivity contribution in [2.75, 3.05) is 11.8 Å². The Labute approximate surface area is 129 Å². The van der Waals surface area contributed by atoms with Gasteiger partial charge in [0.1, 0.15) is 5.76 Å². The Balaban J connectivity index is 2.38. The molecule has 1 aromatic heterocycles. The Bertz CT molecular complexity index is 785. The maximum absolute atomic E-state index is 12.2. The SMILES string of the molecule is COC(=O)c1cc(S(=O)(=O)Nc2ncc(C)o2)ccc1Br. The molecule has 2 rings (SSSR count). The quantitative estimate of drug-likeness (QED) is 0.824. The highest BCUT2D eigenvalue weighted by atomic mass is 79.9. The van der Waals surface area contributed by atoms with Crippen LogP contribution < -0.4 is 4.72 Å². The maximum atomic E-state index is 12.2. The number of nitrogens with zero attached hydrogens (tertiary/aromatic N) is 1. The van der Waals surface area contributed by atoms with Crippen LogP contribution in [0.3, 0.4) is 0 Å². The van der Waals surface area contributed by atoms with Gasteiger partial charge in [-0.3, -0.25) is 0 Å². The van der Waals surface area contributed by atoms with E-state index >= 15 is 0 Å². The zero-order chi connectivity index (χ0) is 15.6. The van der Waals surface area contributed by atoms with Crippen molar-refractivity contribution in [3.05, 3.63) is 40.2 Å². The minimum atomic E-state index is -3.92. The highest BCUT2D eigenvalue weighted by molar-refractivity contribution is 9.10. The van der Waals surface area contributed by atoms with E-state index in [1.807, 2.05) is 0 Å². The van der Waals surface area contributed by atoms with E-state index in [2.05, 4.69) is 30.4 Å². The molecule has 9 heteroatoms. The van der Waals surface area contributed by atoms with Crippen LogP contribution in [-0.2, 0) is 14.8 Å². The number of rotatable bonds is 4. The lowest BCUT2D eigenvalue weighted by molar-refractivity contribution is 0.0599. The van der Waals surface area contributed by atoms with Crippen LogP contribution in [0.2, 0.25) is 0 Å². The monoisotopic (exact) mass is 374 g/mol. The van der Waals surface area contributed by atoms with Crippen molar-refractivity contribution in [3.63, 3.8) is 0 Å². The van der Waals surface area contributed by atoms with E-state index in [0.29, 0.717) is 10.2 Å². The molecule has 21 heavy (non-hydrogen) atoms. The molecule has 7 nitrogen and oxygen atoms in total. The summed E-state index contributed by atoms with van der Waals surface area (Å²) in [6.07, 6.45) is 1.39. The summed E-state index contributed by atoms with van der Waals surface area (Å²) < 4.78 is 36.7. The van der Waals surface area contributed by atoms with Gasteiger partial charge in [-0.1, -0.05) is 0 Å². The number of hydrogen-bond donors (Lipinski definition) is 1. The summed E-state index contributed by atoms with van der Waals surface area (Å²) in [7, 11) is -2.70. The number of esters is 1. The fourth-order valence-electron chi connectivity index (χ4n) is 1.51. The number of nitrogens with one attached hydrogen (secondary N) is 1. The first-order valence-corrected chi connectivity index (χ1v) is 7.94. The second kappa shape index (κ2) is 5.86. The van der Waals surface area contributed by atoms with Gasteiger partial charge >= 0.3 is 12.0 Å². The largest absolute Gasteiger partial charge is 0.465 e. The Morgan fingerprint density at radius 1 is 1.43 bits per heavy atom. The molecule has 0 radical (unpaired) electrons. The van der Waals surface area contributed by atoms with Crippen molar-refractivity contribution in [1.29, 1.82) is 0 Å². The molecule has 0 aliphatic heterocycles. The number of halogens is 1. The predicted molar refractivity (Wildman–Crippen MR) is 77.5 cm³/mol. The van der Waals surface area contributed by atoms with Crippen LogP contribution in [0, 0.1) is 6.92 Å². The molecule has 0 saturated heterocycles. The van der Waals surface area contributed by atoms with Crippen molar-refractivity contribution in [2.45, 2.75) is 11.8 Å². The van der Waals surface area contributed by atoms with E-state index in [0.717, 1.165) is 0 Å². The summed E-state index contributed by atoms with van der Waals surface area (Å²) in [5.74, 6) is -0.176. The summed E-state index contributed by atoms with van der Waals surface area (Å²) in [6, 6.07) is 3.85. The van der Waals surface area contributed by atoms with Gasteiger partial charge in [0.15, 0.2) is 0 Å². The number of aryl methyl sites for hydroxylation is 1. The van der Waals surface area contributed by atoms with Gasteiger partial charge in [0.2, 0.25) is 0 Å². The van der Waals surface area contributed by atoms with Crippen molar-refractivity contribution in [1.82, 2.24) is 4.98 Å². The molecule has 0 fully saturated rings. The molecular formula is C12H11BrN2O5S. The first-order chi connectivity index (χ1) is 9.83. The lowest BCUT2D eigenvalue weighted by atomic mass is 10.2. The van der Waals surface area contributed by atoms with Crippen molar-refractivity contribution >= 4 is 37.9 Å². The molecule has 0 unspecified atom stereocenters. The molecule has 0 atom stereocenters. The minimum Gasteiger partial charge on any atom is -0.465 e. The number of aromatic nitrogens is 1. The number of methoxy groups -OCH3 is 1. The van der Waals surface area contributed by atoms with Gasteiger partial charge < -0.3 is 9.15 Å². The molecule has 0 spiro atoms. The molecular weight excluding hydrogens is 364 g/mol. The molecule has 0 bridgehead atoms. The number of ether oxygens (including phenoxy) is 1. The van der Waals surface area contributed by atoms with E-state index in [-0.39, 0.29) is 16.5 Å². The highest BCUT2D eigenvalue weighted by Crippen LogP contribution is 2.23. The minimum absolute atomic E-state index is 0.101. The summed E-state index contributed by atoms with van der Waals surface area (Å²) in [5.41, 5.74) is 0.101. The van der Waals surface area contributed by atoms with Gasteiger partial charge in [0, 0.05) is 4.47 Å². The molecule has 1 aromatic carbocycles. The number of benzene rings is 1. The van der Waals surface area contributed by atoms with Crippen LogP contribution in [0.5, 0.6) is 0 Å². The number of hydrogen-bond acceptors (Lipinski definition) is 6. The molecule has 1 N–H and O–H groups in total. The topological polar surface area (TPSA) is 98.5 Å². The molecule has 2 aromatic rings. The zero-order valence-corrected chi connectivity index (χ0v) is 13.5. The number of carbonyl (C=O) groups excluding carboxylic acids is 1. The lowest BCUT2D eigenvalue weighted by Gasteiger charge is -2.07. The third kappa shape index (κ3) is 3.42. The average molecular weight is 375 g/mol. The Morgan fingerprint density at radius 3 is 2.71 bits per heavy atom. The average Bonchev–Trinajstić information content (AvgIpc) is 2.82. The highest BCUT2D eigenvalue weighted by Gasteiger charge is 2.20. The first-order valence-electron chi connectivity index (χ1n) is 5.66. The molecule has 112 valence electrons. The zero-order valence-electron chi connectivity index (χ0n) is 11.1. The number of oxazole rings is 1. The normalized spacial score (nSPS) is 11.2. The standard InChI is InChI=1S/C12H11BrN2O5S/c1-7-6-14-12(20-7)15-21(17,18)8-3-4-10(13)9(5-8)11(16)19-2/h3-6H,1-2H3,(H,14,15). The van der Waals surface area contributed by atoms with Crippen molar-refractivity contribution in [2.24, 2.45) is 0 Å². The van der Waals surface area contributed by atoms with Crippen LogP contribution in [0.25, 0.3) is 0 Å². The van der Waals surface area contributed by atoms with Crippen molar-refractivity contribution in [3.8, 4) is 0 Å². The van der Waals surface area contributed by atoms with Gasteiger partial charge in [-0.25, -0.2) is 22.9 Å². The van der Waals surface area contributed by atoms with Crippen LogP contribution in [-0.4, -0.2) is 26.5 Å². The number of sulfonamides is 1. The Hall–Kier alpha value is -1.87. The van der Waals surface area contributed by atoms with Crippen LogP contribution in [0.4, 0.5) is 6.01 Å². The fourth-order valence-corrected chi connectivity index (χ4v) is 2.88. The Kier molecular flexibility index (Phi) is 4.33. The Morgan fingerprint density at radius 2 is 2.14 bits per heavy atom. The summed E-state index contributed by atoms with van der Waals surface area (Å²) in [6.45, 7) is 1.64. The van der Waals surface area contributed by atoms with E-state index in [1.165, 1.54) is 31.5 Å². The number of anilines is 1. The predicted octanol–water partition coefficient (Wildman–Crippen LogP) is 2.33. The third-order valence-electron chi connectivity index (χ3n) is 2.50. The molecule has 0 aliphatic rings. The van der Waals surface area contributed by atoms with Crippen molar-refractivity contribution < 1.29 is 22.4 Å².